The number of carbonyl (C=O) groups excluding carboxylic acids is 1. The molecule has 0 spiro atoms. The lowest BCUT2D eigenvalue weighted by Crippen LogP contribution is -2.60. The number of nitrogens with zero attached hydrogens (tertiary/aromatic N) is 2. The van der Waals surface area contributed by atoms with Gasteiger partial charge in [0.25, 0.3) is 0 Å². The Bertz CT molecular complexity index is 1390. The number of thiophene rings is 1. The van der Waals surface area contributed by atoms with Crippen molar-refractivity contribution < 1.29 is 31.9 Å². The van der Waals surface area contributed by atoms with Crippen molar-refractivity contribution in [3.05, 3.63) is 45.7 Å². The van der Waals surface area contributed by atoms with E-state index in [4.69, 9.17) is 0 Å². The predicted octanol–water partition coefficient (Wildman–Crippen LogP) is 5.11. The summed E-state index contributed by atoms with van der Waals surface area (Å²) in [5.41, 5.74) is -0.147. The maximum Gasteiger partial charge on any atom is 0.348 e. The molecule has 1 aromatic heterocycles. The van der Waals surface area contributed by atoms with E-state index in [1.807, 2.05) is 20.8 Å². The largest absolute Gasteiger partial charge is 0.477 e. The fourth-order valence-corrected chi connectivity index (χ4v) is 7.38. The molecule has 1 N–H and O–H groups in total. The number of sulfonamides is 1. The van der Waals surface area contributed by atoms with Crippen molar-refractivity contribution in [3.63, 3.8) is 0 Å². The Morgan fingerprint density at radius 3 is 2.34 bits per heavy atom. The number of benzene rings is 1. The number of aromatic carboxylic acids is 1. The average molecular weight is 565 g/mol. The van der Waals surface area contributed by atoms with E-state index in [0.717, 1.165) is 65.9 Å². The molecular weight excluding hydrogens is 534 g/mol. The molecule has 0 radical (unpaired) electrons. The molecule has 0 bridgehead atoms. The van der Waals surface area contributed by atoms with Gasteiger partial charge in [-0.3, -0.25) is 4.79 Å². The average Bonchev–Trinajstić information content (AvgIpc) is 3.26. The second kappa shape index (κ2) is 10.8. The first-order valence-corrected chi connectivity index (χ1v) is 14.7. The minimum absolute atomic E-state index is 0.0613. The van der Waals surface area contributed by atoms with Crippen LogP contribution >= 0.6 is 11.3 Å². The van der Waals surface area contributed by atoms with Crippen LogP contribution in [0.4, 0.5) is 14.5 Å². The van der Waals surface area contributed by atoms with Crippen LogP contribution in [0.3, 0.4) is 0 Å². The van der Waals surface area contributed by atoms with Crippen LogP contribution in [-0.4, -0.2) is 48.8 Å². The van der Waals surface area contributed by atoms with Gasteiger partial charge in [-0.05, 0) is 57.7 Å². The highest BCUT2D eigenvalue weighted by Crippen LogP contribution is 2.39. The first-order chi connectivity index (χ1) is 17.8. The van der Waals surface area contributed by atoms with Crippen LogP contribution in [0.2, 0.25) is 0 Å². The highest BCUT2D eigenvalue weighted by atomic mass is 32.2. The van der Waals surface area contributed by atoms with E-state index in [9.17, 15) is 31.9 Å². The molecule has 11 heteroatoms. The number of anilines is 1. The van der Waals surface area contributed by atoms with E-state index >= 15 is 0 Å². The van der Waals surface area contributed by atoms with Gasteiger partial charge >= 0.3 is 5.97 Å². The summed E-state index contributed by atoms with van der Waals surface area (Å²) < 4.78 is 56.5. The van der Waals surface area contributed by atoms with Gasteiger partial charge in [0.15, 0.2) is 4.90 Å². The van der Waals surface area contributed by atoms with Crippen molar-refractivity contribution in [2.45, 2.75) is 63.8 Å². The molecule has 1 atom stereocenters. The van der Waals surface area contributed by atoms with Gasteiger partial charge in [0, 0.05) is 12.0 Å². The third-order valence-corrected chi connectivity index (χ3v) is 9.63. The number of carboxylic acid groups (broad SMARTS) is 1. The summed E-state index contributed by atoms with van der Waals surface area (Å²) in [6, 6.07) is 3.66. The lowest BCUT2D eigenvalue weighted by Gasteiger charge is -2.44. The minimum Gasteiger partial charge on any atom is -0.477 e. The monoisotopic (exact) mass is 564 g/mol. The van der Waals surface area contributed by atoms with Gasteiger partial charge in [0.1, 0.15) is 16.5 Å². The zero-order valence-electron chi connectivity index (χ0n) is 21.5. The van der Waals surface area contributed by atoms with Gasteiger partial charge in [0.2, 0.25) is 15.9 Å². The molecule has 1 saturated heterocycles. The molecule has 204 valence electrons. The lowest BCUT2D eigenvalue weighted by atomic mass is 9.82. The molecular formula is C27H30F2N2O5S2. The molecule has 1 aromatic carbocycles. The Labute approximate surface area is 225 Å². The van der Waals surface area contributed by atoms with Gasteiger partial charge in [-0.1, -0.05) is 37.2 Å². The molecule has 0 unspecified atom stereocenters. The Morgan fingerprint density at radius 1 is 1.13 bits per heavy atom. The van der Waals surface area contributed by atoms with Crippen LogP contribution in [0.5, 0.6) is 0 Å². The Hall–Kier alpha value is -2.81. The summed E-state index contributed by atoms with van der Waals surface area (Å²) >= 11 is 0.962. The van der Waals surface area contributed by atoms with Crippen LogP contribution in [0.15, 0.2) is 29.2 Å². The molecule has 2 heterocycles. The summed E-state index contributed by atoms with van der Waals surface area (Å²) in [7, 11) is -4.68. The Kier molecular flexibility index (Phi) is 7.98. The van der Waals surface area contributed by atoms with Crippen molar-refractivity contribution in [1.29, 1.82) is 0 Å². The van der Waals surface area contributed by atoms with E-state index in [-0.39, 0.29) is 28.4 Å². The van der Waals surface area contributed by atoms with Crippen LogP contribution in [0.1, 0.15) is 67.4 Å². The van der Waals surface area contributed by atoms with E-state index in [1.54, 1.807) is 6.07 Å². The van der Waals surface area contributed by atoms with Crippen molar-refractivity contribution in [3.8, 4) is 11.8 Å². The van der Waals surface area contributed by atoms with Crippen LogP contribution < -0.4 is 4.90 Å². The summed E-state index contributed by atoms with van der Waals surface area (Å²) in [5, 5.41) is 9.95. The molecule has 7 nitrogen and oxygen atoms in total. The Balaban J connectivity index is 1.79. The second-order valence-corrected chi connectivity index (χ2v) is 13.6. The fourth-order valence-electron chi connectivity index (χ4n) is 5.02. The van der Waals surface area contributed by atoms with E-state index in [0.29, 0.717) is 4.88 Å². The minimum atomic E-state index is -4.68. The number of rotatable bonds is 5. The predicted molar refractivity (Wildman–Crippen MR) is 141 cm³/mol. The van der Waals surface area contributed by atoms with Gasteiger partial charge in [-0.2, -0.15) is 4.31 Å². The van der Waals surface area contributed by atoms with Crippen LogP contribution in [0.25, 0.3) is 0 Å². The summed E-state index contributed by atoms with van der Waals surface area (Å²) in [6.07, 6.45) is 4.22. The van der Waals surface area contributed by atoms with E-state index in [2.05, 4.69) is 11.8 Å². The van der Waals surface area contributed by atoms with Gasteiger partial charge < -0.3 is 10.0 Å². The normalized spacial score (nSPS) is 19.8. The second-order valence-electron chi connectivity index (χ2n) is 10.7. The van der Waals surface area contributed by atoms with Gasteiger partial charge in [-0.15, -0.1) is 11.3 Å². The summed E-state index contributed by atoms with van der Waals surface area (Å²) in [6.45, 7) is 4.90. The molecule has 2 aliphatic rings. The highest BCUT2D eigenvalue weighted by Gasteiger charge is 2.45. The molecule has 38 heavy (non-hydrogen) atoms. The molecule has 1 amide bonds. The third-order valence-electron chi connectivity index (χ3n) is 6.74. The number of hydrogen-bond donors (Lipinski definition) is 1. The quantitative estimate of drug-likeness (QED) is 0.510. The first-order valence-electron chi connectivity index (χ1n) is 12.5. The zero-order valence-corrected chi connectivity index (χ0v) is 23.1. The molecule has 1 aliphatic carbocycles. The topological polar surface area (TPSA) is 95.0 Å². The SMILES string of the molecule is CC(C)(C)C#Cc1cc(N2C(=O)CN(S(=O)(=O)c3c(F)cccc3F)C[C@H]2C2CCCCC2)c(C(=O)O)s1. The molecule has 2 fully saturated rings. The van der Waals surface area contributed by atoms with Crippen molar-refractivity contribution in [2.24, 2.45) is 11.3 Å². The molecule has 4 rings (SSSR count). The summed E-state index contributed by atoms with van der Waals surface area (Å²) in [4.78, 5) is 26.5. The first kappa shape index (κ1) is 28.2. The zero-order chi connectivity index (χ0) is 27.8. The van der Waals surface area contributed by atoms with Crippen molar-refractivity contribution in [2.75, 3.05) is 18.0 Å². The number of hydrogen-bond acceptors (Lipinski definition) is 5. The smallest absolute Gasteiger partial charge is 0.348 e. The number of carbonyl (C=O) groups is 2. The van der Waals surface area contributed by atoms with Gasteiger partial charge in [0.05, 0.1) is 23.2 Å². The lowest BCUT2D eigenvalue weighted by molar-refractivity contribution is -0.121. The standard InChI is InChI=1S/C27H30F2N2O5S2/c1-27(2,3)13-12-18-14-21(24(37-18)26(33)34)31-22(17-8-5-4-6-9-17)15-30(16-23(31)32)38(35,36)25-19(28)10-7-11-20(25)29/h7,10-11,14,17,22H,4-6,8-9,15-16H2,1-3H3,(H,33,34)/t22-/m0/s1. The van der Waals surface area contributed by atoms with E-state index < -0.39 is 51.0 Å². The fraction of sp³-hybridized carbons (Fsp3) is 0.481. The number of carboxylic acids is 1. The molecule has 2 aromatic rings. The van der Waals surface area contributed by atoms with Crippen LogP contribution in [0, 0.1) is 34.8 Å². The van der Waals surface area contributed by atoms with Crippen molar-refractivity contribution >= 4 is 38.9 Å². The summed E-state index contributed by atoms with van der Waals surface area (Å²) in [5.74, 6) is 1.62. The number of halogens is 2. The number of piperazine rings is 1. The maximum atomic E-state index is 14.5. The third kappa shape index (κ3) is 5.77. The van der Waals surface area contributed by atoms with E-state index in [1.165, 1.54) is 4.90 Å². The Morgan fingerprint density at radius 2 is 1.76 bits per heavy atom. The maximum absolute atomic E-state index is 14.5. The van der Waals surface area contributed by atoms with Gasteiger partial charge in [-0.25, -0.2) is 22.0 Å². The number of amides is 1. The molecule has 1 saturated carbocycles. The van der Waals surface area contributed by atoms with Crippen LogP contribution in [-0.2, 0) is 14.8 Å². The highest BCUT2D eigenvalue weighted by molar-refractivity contribution is 7.89. The van der Waals surface area contributed by atoms with Crippen molar-refractivity contribution in [1.82, 2.24) is 4.31 Å². The molecule has 1 aliphatic heterocycles.